The van der Waals surface area contributed by atoms with E-state index in [9.17, 15) is 9.90 Å². The van der Waals surface area contributed by atoms with Crippen LogP contribution in [0.15, 0.2) is 18.2 Å². The molecule has 1 atom stereocenters. The van der Waals surface area contributed by atoms with Crippen LogP contribution in [-0.2, 0) is 16.0 Å². The van der Waals surface area contributed by atoms with Gasteiger partial charge in [-0.05, 0) is 30.5 Å². The van der Waals surface area contributed by atoms with Crippen LogP contribution in [0.1, 0.15) is 37.0 Å². The van der Waals surface area contributed by atoms with Crippen LogP contribution in [0.4, 0.5) is 0 Å². The third-order valence-corrected chi connectivity index (χ3v) is 2.89. The van der Waals surface area contributed by atoms with Gasteiger partial charge < -0.3 is 14.6 Å². The molecule has 0 fully saturated rings. The maximum Gasteiger partial charge on any atom is 0.305 e. The SMILES string of the molecule is CCC(O)c1cc(CCC(=O)OC)ccc1OC. The first kappa shape index (κ1) is 14.5. The average molecular weight is 252 g/mol. The highest BCUT2D eigenvalue weighted by molar-refractivity contribution is 5.69. The van der Waals surface area contributed by atoms with Gasteiger partial charge in [0.2, 0.25) is 0 Å². The molecule has 4 nitrogen and oxygen atoms in total. The van der Waals surface area contributed by atoms with Gasteiger partial charge in [-0.1, -0.05) is 13.0 Å². The van der Waals surface area contributed by atoms with Gasteiger partial charge in [-0.3, -0.25) is 4.79 Å². The van der Waals surface area contributed by atoms with Gasteiger partial charge >= 0.3 is 5.97 Å². The Hall–Kier alpha value is -1.55. The molecule has 0 spiro atoms. The molecular weight excluding hydrogens is 232 g/mol. The molecule has 0 aromatic heterocycles. The van der Waals surface area contributed by atoms with Gasteiger partial charge in [0.25, 0.3) is 0 Å². The van der Waals surface area contributed by atoms with E-state index in [2.05, 4.69) is 4.74 Å². The first-order valence-corrected chi connectivity index (χ1v) is 6.04. The quantitative estimate of drug-likeness (QED) is 0.789. The molecule has 100 valence electrons. The van der Waals surface area contributed by atoms with Crippen molar-refractivity contribution >= 4 is 5.97 Å². The highest BCUT2D eigenvalue weighted by Gasteiger charge is 2.12. The largest absolute Gasteiger partial charge is 0.496 e. The fourth-order valence-corrected chi connectivity index (χ4v) is 1.77. The molecule has 1 rings (SSSR count). The lowest BCUT2D eigenvalue weighted by atomic mass is 10.0. The van der Waals surface area contributed by atoms with Crippen LogP contribution in [0, 0.1) is 0 Å². The first-order chi connectivity index (χ1) is 8.62. The number of hydrogen-bond acceptors (Lipinski definition) is 4. The number of benzene rings is 1. The summed E-state index contributed by atoms with van der Waals surface area (Å²) in [5.41, 5.74) is 1.76. The summed E-state index contributed by atoms with van der Waals surface area (Å²) >= 11 is 0. The molecule has 1 N–H and O–H groups in total. The number of methoxy groups -OCH3 is 2. The van der Waals surface area contributed by atoms with Gasteiger partial charge in [0.1, 0.15) is 5.75 Å². The topological polar surface area (TPSA) is 55.8 Å². The van der Waals surface area contributed by atoms with E-state index in [4.69, 9.17) is 4.74 Å². The van der Waals surface area contributed by atoms with Crippen LogP contribution in [0.25, 0.3) is 0 Å². The van der Waals surface area contributed by atoms with Crippen molar-refractivity contribution in [1.29, 1.82) is 0 Å². The second-order valence-corrected chi connectivity index (χ2v) is 4.08. The molecule has 1 aromatic rings. The lowest BCUT2D eigenvalue weighted by molar-refractivity contribution is -0.140. The van der Waals surface area contributed by atoms with E-state index in [0.717, 1.165) is 11.1 Å². The molecule has 1 unspecified atom stereocenters. The molecule has 18 heavy (non-hydrogen) atoms. The fourth-order valence-electron chi connectivity index (χ4n) is 1.77. The summed E-state index contributed by atoms with van der Waals surface area (Å²) in [7, 11) is 2.96. The Labute approximate surface area is 108 Å². The molecule has 0 aliphatic rings. The van der Waals surface area contributed by atoms with E-state index in [1.54, 1.807) is 7.11 Å². The van der Waals surface area contributed by atoms with Crippen LogP contribution >= 0.6 is 0 Å². The summed E-state index contributed by atoms with van der Waals surface area (Å²) in [5, 5.41) is 9.92. The number of rotatable bonds is 6. The normalized spacial score (nSPS) is 12.0. The molecule has 0 amide bonds. The van der Waals surface area contributed by atoms with Crippen LogP contribution in [-0.4, -0.2) is 25.3 Å². The minimum Gasteiger partial charge on any atom is -0.496 e. The third kappa shape index (κ3) is 3.74. The van der Waals surface area contributed by atoms with Crippen molar-refractivity contribution in [3.8, 4) is 5.75 Å². The zero-order chi connectivity index (χ0) is 13.5. The van der Waals surface area contributed by atoms with Crippen molar-refractivity contribution in [2.75, 3.05) is 14.2 Å². The van der Waals surface area contributed by atoms with Gasteiger partial charge in [0.15, 0.2) is 0 Å². The van der Waals surface area contributed by atoms with E-state index in [-0.39, 0.29) is 5.97 Å². The highest BCUT2D eigenvalue weighted by atomic mass is 16.5. The summed E-state index contributed by atoms with van der Waals surface area (Å²) in [6.07, 6.45) is 1.01. The van der Waals surface area contributed by atoms with Crippen LogP contribution in [0.3, 0.4) is 0 Å². The maximum absolute atomic E-state index is 11.1. The summed E-state index contributed by atoms with van der Waals surface area (Å²) in [6.45, 7) is 1.91. The molecule has 0 saturated carbocycles. The van der Waals surface area contributed by atoms with E-state index >= 15 is 0 Å². The second kappa shape index (κ2) is 7.01. The molecular formula is C14H20O4. The lowest BCUT2D eigenvalue weighted by Gasteiger charge is -2.14. The van der Waals surface area contributed by atoms with Gasteiger partial charge in [-0.15, -0.1) is 0 Å². The van der Waals surface area contributed by atoms with Crippen LogP contribution in [0.2, 0.25) is 0 Å². The highest BCUT2D eigenvalue weighted by Crippen LogP contribution is 2.28. The molecule has 1 aromatic carbocycles. The Bertz CT molecular complexity index is 401. The predicted octanol–water partition coefficient (Wildman–Crippen LogP) is 2.24. The van der Waals surface area contributed by atoms with Crippen molar-refractivity contribution < 1.29 is 19.4 Å². The number of aliphatic hydroxyl groups is 1. The second-order valence-electron chi connectivity index (χ2n) is 4.08. The van der Waals surface area contributed by atoms with Gasteiger partial charge in [0.05, 0.1) is 20.3 Å². The van der Waals surface area contributed by atoms with Gasteiger partial charge in [0, 0.05) is 12.0 Å². The third-order valence-electron chi connectivity index (χ3n) is 2.89. The van der Waals surface area contributed by atoms with E-state index in [1.807, 2.05) is 25.1 Å². The monoisotopic (exact) mass is 252 g/mol. The van der Waals surface area contributed by atoms with Crippen molar-refractivity contribution in [1.82, 2.24) is 0 Å². The lowest BCUT2D eigenvalue weighted by Crippen LogP contribution is -2.04. The Morgan fingerprint density at radius 3 is 2.67 bits per heavy atom. The predicted molar refractivity (Wildman–Crippen MR) is 68.6 cm³/mol. The Balaban J connectivity index is 2.85. The van der Waals surface area contributed by atoms with Crippen LogP contribution in [0.5, 0.6) is 5.75 Å². The summed E-state index contributed by atoms with van der Waals surface area (Å²) in [4.78, 5) is 11.1. The Morgan fingerprint density at radius 1 is 1.39 bits per heavy atom. The summed E-state index contributed by atoms with van der Waals surface area (Å²) in [5.74, 6) is 0.439. The smallest absolute Gasteiger partial charge is 0.305 e. The Morgan fingerprint density at radius 2 is 2.11 bits per heavy atom. The van der Waals surface area contributed by atoms with Gasteiger partial charge in [-0.25, -0.2) is 0 Å². The van der Waals surface area contributed by atoms with E-state index in [0.29, 0.717) is 25.0 Å². The van der Waals surface area contributed by atoms with Crippen molar-refractivity contribution in [2.45, 2.75) is 32.3 Å². The molecule has 0 heterocycles. The average Bonchev–Trinajstić information content (AvgIpc) is 2.43. The number of hydrogen-bond donors (Lipinski definition) is 1. The minimum atomic E-state index is -0.543. The van der Waals surface area contributed by atoms with Gasteiger partial charge in [-0.2, -0.15) is 0 Å². The molecule has 0 bridgehead atoms. The molecule has 0 radical (unpaired) electrons. The number of ether oxygens (including phenoxy) is 2. The van der Waals surface area contributed by atoms with Crippen molar-refractivity contribution in [3.05, 3.63) is 29.3 Å². The number of aliphatic hydroxyl groups excluding tert-OH is 1. The van der Waals surface area contributed by atoms with Crippen LogP contribution < -0.4 is 4.74 Å². The Kier molecular flexibility index (Phi) is 5.65. The summed E-state index contributed by atoms with van der Waals surface area (Å²) in [6, 6.07) is 5.60. The maximum atomic E-state index is 11.1. The molecule has 4 heteroatoms. The standard InChI is InChI=1S/C14H20O4/c1-4-12(15)11-9-10(5-7-13(11)17-2)6-8-14(16)18-3/h5,7,9,12,15H,4,6,8H2,1-3H3. The summed E-state index contributed by atoms with van der Waals surface area (Å²) < 4.78 is 9.82. The van der Waals surface area contributed by atoms with Crippen molar-refractivity contribution in [3.63, 3.8) is 0 Å². The minimum absolute atomic E-state index is 0.233. The molecule has 0 saturated heterocycles. The fraction of sp³-hybridized carbons (Fsp3) is 0.500. The number of carbonyl (C=O) groups excluding carboxylic acids is 1. The zero-order valence-corrected chi connectivity index (χ0v) is 11.1. The number of esters is 1. The number of aryl methyl sites for hydroxylation is 1. The molecule has 0 aliphatic carbocycles. The number of carbonyl (C=O) groups is 1. The van der Waals surface area contributed by atoms with Crippen molar-refractivity contribution in [2.24, 2.45) is 0 Å². The van der Waals surface area contributed by atoms with E-state index in [1.165, 1.54) is 7.11 Å². The first-order valence-electron chi connectivity index (χ1n) is 6.04. The van der Waals surface area contributed by atoms with E-state index < -0.39 is 6.10 Å². The molecule has 0 aliphatic heterocycles. The zero-order valence-electron chi connectivity index (χ0n) is 11.1.